The quantitative estimate of drug-likeness (QED) is 0.494. The molecule has 3 rings (SSSR count). The molecular formula is C20H16ClNO4. The number of benzene rings is 2. The molecule has 6 heteroatoms. The molecule has 2 aromatic carbocycles. The summed E-state index contributed by atoms with van der Waals surface area (Å²) in [5.41, 5.74) is 2.64. The molecule has 1 atom stereocenters. The van der Waals surface area contributed by atoms with E-state index in [4.69, 9.17) is 16.3 Å². The van der Waals surface area contributed by atoms with Gasteiger partial charge in [-0.3, -0.25) is 9.59 Å². The van der Waals surface area contributed by atoms with E-state index >= 15 is 0 Å². The van der Waals surface area contributed by atoms with Crippen LogP contribution in [-0.4, -0.2) is 24.3 Å². The lowest BCUT2D eigenvalue weighted by molar-refractivity contribution is -0.136. The van der Waals surface area contributed by atoms with Crippen molar-refractivity contribution in [2.75, 3.05) is 11.9 Å². The Bertz CT molecular complexity index is 920. The lowest BCUT2D eigenvalue weighted by Gasteiger charge is -2.06. The smallest absolute Gasteiger partial charge is 0.331 e. The zero-order chi connectivity index (χ0) is 18.7. The van der Waals surface area contributed by atoms with Crippen LogP contribution in [0.25, 0.3) is 6.08 Å². The predicted molar refractivity (Wildman–Crippen MR) is 99.3 cm³/mol. The number of hydrogen-bond acceptors (Lipinski definition) is 4. The maximum atomic E-state index is 12.2. The second-order valence-electron chi connectivity index (χ2n) is 5.93. The van der Waals surface area contributed by atoms with Gasteiger partial charge in [0.1, 0.15) is 0 Å². The number of rotatable bonds is 5. The highest BCUT2D eigenvalue weighted by Gasteiger charge is 2.27. The van der Waals surface area contributed by atoms with Crippen molar-refractivity contribution in [3.8, 4) is 0 Å². The molecule has 1 amide bonds. The number of carbonyl (C=O) groups is 3. The maximum Gasteiger partial charge on any atom is 0.331 e. The van der Waals surface area contributed by atoms with Gasteiger partial charge in [-0.25, -0.2) is 4.79 Å². The van der Waals surface area contributed by atoms with Gasteiger partial charge >= 0.3 is 5.97 Å². The molecule has 2 aromatic rings. The van der Waals surface area contributed by atoms with Gasteiger partial charge in [0, 0.05) is 22.3 Å². The van der Waals surface area contributed by atoms with Crippen molar-refractivity contribution in [1.29, 1.82) is 0 Å². The van der Waals surface area contributed by atoms with E-state index in [-0.39, 0.29) is 24.2 Å². The fourth-order valence-corrected chi connectivity index (χ4v) is 2.83. The molecule has 0 spiro atoms. The first-order chi connectivity index (χ1) is 12.4. The minimum absolute atomic E-state index is 0.0952. The molecule has 26 heavy (non-hydrogen) atoms. The number of carbonyl (C=O) groups excluding carboxylic acids is 3. The number of esters is 1. The summed E-state index contributed by atoms with van der Waals surface area (Å²) in [7, 11) is 0. The van der Waals surface area contributed by atoms with Crippen LogP contribution in [0.15, 0.2) is 48.5 Å². The first-order valence-electron chi connectivity index (χ1n) is 8.02. The fraction of sp³-hybridized carbons (Fsp3) is 0.150. The Morgan fingerprint density at radius 3 is 2.81 bits per heavy atom. The largest absolute Gasteiger partial charge is 0.454 e. The third-order valence-corrected chi connectivity index (χ3v) is 4.33. The van der Waals surface area contributed by atoms with Crippen LogP contribution in [0.4, 0.5) is 5.69 Å². The number of anilines is 1. The van der Waals surface area contributed by atoms with Crippen molar-refractivity contribution in [3.05, 3.63) is 70.3 Å². The van der Waals surface area contributed by atoms with E-state index in [1.165, 1.54) is 6.08 Å². The van der Waals surface area contributed by atoms with Gasteiger partial charge in [0.15, 0.2) is 12.4 Å². The highest BCUT2D eigenvalue weighted by molar-refractivity contribution is 6.30. The van der Waals surface area contributed by atoms with Crippen LogP contribution in [0.3, 0.4) is 0 Å². The van der Waals surface area contributed by atoms with Crippen LogP contribution in [-0.2, 0) is 14.3 Å². The van der Waals surface area contributed by atoms with Crippen molar-refractivity contribution in [2.45, 2.75) is 12.8 Å². The Balaban J connectivity index is 1.59. The van der Waals surface area contributed by atoms with E-state index in [0.29, 0.717) is 16.3 Å². The Morgan fingerprint density at radius 2 is 2.04 bits per heavy atom. The first kappa shape index (κ1) is 17.9. The topological polar surface area (TPSA) is 72.5 Å². The molecular weight excluding hydrogens is 354 g/mol. The molecule has 0 bridgehead atoms. The average molecular weight is 370 g/mol. The third-order valence-electron chi connectivity index (χ3n) is 4.10. The van der Waals surface area contributed by atoms with E-state index < -0.39 is 5.97 Å². The minimum Gasteiger partial charge on any atom is -0.454 e. The van der Waals surface area contributed by atoms with Gasteiger partial charge in [0.25, 0.3) is 0 Å². The Morgan fingerprint density at radius 1 is 1.23 bits per heavy atom. The van der Waals surface area contributed by atoms with Crippen molar-refractivity contribution < 1.29 is 19.1 Å². The molecule has 5 nitrogen and oxygen atoms in total. The summed E-state index contributed by atoms with van der Waals surface area (Å²) in [6, 6.07) is 12.0. The summed E-state index contributed by atoms with van der Waals surface area (Å²) in [6.07, 6.45) is 2.80. The zero-order valence-corrected chi connectivity index (χ0v) is 14.7. The summed E-state index contributed by atoms with van der Waals surface area (Å²) < 4.78 is 4.99. The van der Waals surface area contributed by atoms with E-state index in [9.17, 15) is 14.4 Å². The molecule has 0 unspecified atom stereocenters. The van der Waals surface area contributed by atoms with Gasteiger partial charge in [-0.05, 0) is 54.5 Å². The van der Waals surface area contributed by atoms with Crippen LogP contribution in [0.5, 0.6) is 0 Å². The molecule has 0 aromatic heterocycles. The summed E-state index contributed by atoms with van der Waals surface area (Å²) in [6.45, 7) is 1.41. The highest BCUT2D eigenvalue weighted by atomic mass is 35.5. The van der Waals surface area contributed by atoms with E-state index in [1.807, 2.05) is 0 Å². The normalized spacial score (nSPS) is 15.6. The molecule has 0 radical (unpaired) electrons. The van der Waals surface area contributed by atoms with E-state index in [1.54, 1.807) is 55.5 Å². The van der Waals surface area contributed by atoms with Crippen molar-refractivity contribution in [1.82, 2.24) is 0 Å². The standard InChI is InChI=1S/C20H16ClNO4/c1-12-16-10-14(6-7-17(16)22-20(12)25)18(23)11-26-19(24)8-5-13-3-2-4-15(21)9-13/h2-10,12H,11H2,1H3,(H,22,25)/b8-5+/t12-/m0/s1. The van der Waals surface area contributed by atoms with Crippen LogP contribution in [0, 0.1) is 0 Å². The van der Waals surface area contributed by atoms with Gasteiger partial charge < -0.3 is 10.1 Å². The fourth-order valence-electron chi connectivity index (χ4n) is 2.63. The number of hydrogen-bond donors (Lipinski definition) is 1. The van der Waals surface area contributed by atoms with Crippen molar-refractivity contribution >= 4 is 41.0 Å². The second kappa shape index (κ2) is 7.54. The summed E-state index contributed by atoms with van der Waals surface area (Å²) >= 11 is 5.87. The molecule has 1 heterocycles. The van der Waals surface area contributed by atoms with Crippen molar-refractivity contribution in [2.24, 2.45) is 0 Å². The monoisotopic (exact) mass is 369 g/mol. The number of ether oxygens (including phenoxy) is 1. The number of nitrogens with one attached hydrogen (secondary N) is 1. The van der Waals surface area contributed by atoms with Crippen LogP contribution in [0.2, 0.25) is 5.02 Å². The molecule has 0 fully saturated rings. The number of fused-ring (bicyclic) bond motifs is 1. The van der Waals surface area contributed by atoms with Crippen LogP contribution in [0.1, 0.15) is 34.3 Å². The van der Waals surface area contributed by atoms with Gasteiger partial charge in [-0.1, -0.05) is 23.7 Å². The summed E-state index contributed by atoms with van der Waals surface area (Å²) in [4.78, 5) is 35.7. The van der Waals surface area contributed by atoms with E-state index in [2.05, 4.69) is 5.32 Å². The lowest BCUT2D eigenvalue weighted by atomic mass is 9.99. The third kappa shape index (κ3) is 4.00. The first-order valence-corrected chi connectivity index (χ1v) is 8.40. The van der Waals surface area contributed by atoms with E-state index in [0.717, 1.165) is 11.1 Å². The average Bonchev–Trinajstić information content (AvgIpc) is 2.91. The number of ketones is 1. The van der Waals surface area contributed by atoms with Crippen molar-refractivity contribution in [3.63, 3.8) is 0 Å². The summed E-state index contributed by atoms with van der Waals surface area (Å²) in [5.74, 6) is -1.35. The summed E-state index contributed by atoms with van der Waals surface area (Å²) in [5, 5.41) is 3.31. The molecule has 0 saturated carbocycles. The number of halogens is 1. The van der Waals surface area contributed by atoms with Crippen LogP contribution < -0.4 is 5.32 Å². The number of amides is 1. The molecule has 0 saturated heterocycles. The van der Waals surface area contributed by atoms with Gasteiger partial charge in [-0.2, -0.15) is 0 Å². The SMILES string of the molecule is C[C@@H]1C(=O)Nc2ccc(C(=O)COC(=O)/C=C/c3cccc(Cl)c3)cc21. The van der Waals surface area contributed by atoms with Crippen LogP contribution >= 0.6 is 11.6 Å². The Labute approximate surface area is 155 Å². The molecule has 1 aliphatic rings. The molecule has 132 valence electrons. The predicted octanol–water partition coefficient (Wildman–Crippen LogP) is 3.83. The molecule has 1 N–H and O–H groups in total. The lowest BCUT2D eigenvalue weighted by Crippen LogP contribution is -2.13. The van der Waals surface area contributed by atoms with Gasteiger partial charge in [0.2, 0.25) is 5.91 Å². The van der Waals surface area contributed by atoms with Gasteiger partial charge in [0.05, 0.1) is 5.92 Å². The maximum absolute atomic E-state index is 12.2. The Kier molecular flexibility index (Phi) is 5.19. The zero-order valence-electron chi connectivity index (χ0n) is 14.0. The van der Waals surface area contributed by atoms with Gasteiger partial charge in [-0.15, -0.1) is 0 Å². The molecule has 0 aliphatic carbocycles. The number of Topliss-reactive ketones (excluding diaryl/α,β-unsaturated/α-hetero) is 1. The minimum atomic E-state index is -0.621. The molecule has 1 aliphatic heterocycles. The second-order valence-corrected chi connectivity index (χ2v) is 6.37. The Hall–Kier alpha value is -2.92. The highest BCUT2D eigenvalue weighted by Crippen LogP contribution is 2.32.